The molecule has 1 N–H and O–H groups in total. The van der Waals surface area contributed by atoms with Crippen LogP contribution in [0.15, 0.2) is 11.1 Å². The van der Waals surface area contributed by atoms with Crippen molar-refractivity contribution in [3.63, 3.8) is 0 Å². The zero-order chi connectivity index (χ0) is 7.14. The molecule has 1 heteroatoms. The molecular formula is C9H14O. The van der Waals surface area contributed by atoms with Crippen LogP contribution < -0.4 is 0 Å². The van der Waals surface area contributed by atoms with Crippen LogP contribution in [0.3, 0.4) is 0 Å². The van der Waals surface area contributed by atoms with Gasteiger partial charge in [-0.25, -0.2) is 0 Å². The van der Waals surface area contributed by atoms with Crippen molar-refractivity contribution in [3.8, 4) is 0 Å². The first kappa shape index (κ1) is 6.41. The zero-order valence-electron chi connectivity index (χ0n) is 6.43. The summed E-state index contributed by atoms with van der Waals surface area (Å²) < 4.78 is 0. The highest BCUT2D eigenvalue weighted by Crippen LogP contribution is 2.47. The number of hydrogen-bond donors (Lipinski definition) is 1. The van der Waals surface area contributed by atoms with E-state index in [0.29, 0.717) is 6.61 Å². The SMILES string of the molecule is CC1=C(CO)C2CCC1C2. The lowest BCUT2D eigenvalue weighted by Gasteiger charge is -2.14. The molecule has 0 saturated heterocycles. The first-order chi connectivity index (χ1) is 4.83. The van der Waals surface area contributed by atoms with Crippen LogP contribution in [-0.2, 0) is 0 Å². The van der Waals surface area contributed by atoms with Gasteiger partial charge in [0.1, 0.15) is 0 Å². The fourth-order valence-corrected chi connectivity index (χ4v) is 2.53. The average molecular weight is 138 g/mol. The molecule has 0 aromatic heterocycles. The Balaban J connectivity index is 2.29. The molecule has 1 fully saturated rings. The fourth-order valence-electron chi connectivity index (χ4n) is 2.53. The fraction of sp³-hybridized carbons (Fsp3) is 0.778. The summed E-state index contributed by atoms with van der Waals surface area (Å²) in [7, 11) is 0. The van der Waals surface area contributed by atoms with Crippen LogP contribution in [0.5, 0.6) is 0 Å². The Morgan fingerprint density at radius 2 is 2.10 bits per heavy atom. The van der Waals surface area contributed by atoms with Gasteiger partial charge in [-0.05, 0) is 43.6 Å². The van der Waals surface area contributed by atoms with Gasteiger partial charge in [0.25, 0.3) is 0 Å². The third-order valence-corrected chi connectivity index (χ3v) is 3.21. The Labute approximate surface area is 61.8 Å². The van der Waals surface area contributed by atoms with E-state index in [2.05, 4.69) is 6.92 Å². The van der Waals surface area contributed by atoms with Gasteiger partial charge in [0.05, 0.1) is 6.61 Å². The summed E-state index contributed by atoms with van der Waals surface area (Å²) in [4.78, 5) is 0. The smallest absolute Gasteiger partial charge is 0.0647 e. The molecule has 2 aliphatic rings. The number of allylic oxidation sites excluding steroid dienone is 1. The van der Waals surface area contributed by atoms with Crippen molar-refractivity contribution in [1.82, 2.24) is 0 Å². The van der Waals surface area contributed by atoms with E-state index in [1.807, 2.05) is 0 Å². The lowest BCUT2D eigenvalue weighted by atomic mass is 9.93. The molecule has 0 radical (unpaired) electrons. The molecule has 10 heavy (non-hydrogen) atoms. The van der Waals surface area contributed by atoms with Crippen LogP contribution in [0.4, 0.5) is 0 Å². The Kier molecular flexibility index (Phi) is 1.34. The molecule has 0 heterocycles. The molecule has 2 rings (SSSR count). The van der Waals surface area contributed by atoms with Crippen molar-refractivity contribution in [2.45, 2.75) is 26.2 Å². The quantitative estimate of drug-likeness (QED) is 0.547. The van der Waals surface area contributed by atoms with Gasteiger partial charge in [0.15, 0.2) is 0 Å². The van der Waals surface area contributed by atoms with E-state index >= 15 is 0 Å². The topological polar surface area (TPSA) is 20.2 Å². The maximum Gasteiger partial charge on any atom is 0.0647 e. The Bertz CT molecular complexity index is 181. The summed E-state index contributed by atoms with van der Waals surface area (Å²) in [6.07, 6.45) is 4.04. The Morgan fingerprint density at radius 1 is 1.40 bits per heavy atom. The lowest BCUT2D eigenvalue weighted by molar-refractivity contribution is 0.314. The third-order valence-electron chi connectivity index (χ3n) is 3.21. The summed E-state index contributed by atoms with van der Waals surface area (Å²) >= 11 is 0. The Hall–Kier alpha value is -0.300. The molecule has 2 bridgehead atoms. The molecule has 2 atom stereocenters. The second-order valence-electron chi connectivity index (χ2n) is 3.57. The first-order valence-electron chi connectivity index (χ1n) is 4.13. The van der Waals surface area contributed by atoms with Crippen molar-refractivity contribution < 1.29 is 5.11 Å². The maximum absolute atomic E-state index is 9.00. The van der Waals surface area contributed by atoms with E-state index in [4.69, 9.17) is 5.11 Å². The molecule has 0 aromatic carbocycles. The number of rotatable bonds is 1. The number of fused-ring (bicyclic) bond motifs is 2. The van der Waals surface area contributed by atoms with Crippen molar-refractivity contribution in [2.75, 3.05) is 6.61 Å². The minimum Gasteiger partial charge on any atom is -0.392 e. The molecule has 1 saturated carbocycles. The van der Waals surface area contributed by atoms with E-state index in [1.54, 1.807) is 0 Å². The minimum atomic E-state index is 0.313. The highest BCUT2D eigenvalue weighted by molar-refractivity contribution is 5.27. The first-order valence-corrected chi connectivity index (χ1v) is 4.13. The molecular weight excluding hydrogens is 124 g/mol. The van der Waals surface area contributed by atoms with E-state index < -0.39 is 0 Å². The van der Waals surface area contributed by atoms with E-state index in [1.165, 1.54) is 30.4 Å². The van der Waals surface area contributed by atoms with Gasteiger partial charge < -0.3 is 5.11 Å². The second kappa shape index (κ2) is 2.09. The van der Waals surface area contributed by atoms with Gasteiger partial charge in [-0.1, -0.05) is 5.57 Å². The number of aliphatic hydroxyl groups excluding tert-OH is 1. The van der Waals surface area contributed by atoms with Gasteiger partial charge >= 0.3 is 0 Å². The molecule has 0 spiro atoms. The standard InChI is InChI=1S/C9H14O/c1-6-7-2-3-8(4-7)9(6)5-10/h7-8,10H,2-5H2,1H3. The molecule has 1 nitrogen and oxygen atoms in total. The molecule has 56 valence electrons. The molecule has 0 aromatic rings. The zero-order valence-corrected chi connectivity index (χ0v) is 6.43. The molecule has 0 amide bonds. The highest BCUT2D eigenvalue weighted by atomic mass is 16.3. The maximum atomic E-state index is 9.00. The molecule has 0 aliphatic heterocycles. The third kappa shape index (κ3) is 0.671. The number of aliphatic hydroxyl groups is 1. The van der Waals surface area contributed by atoms with Crippen molar-refractivity contribution in [2.24, 2.45) is 11.8 Å². The van der Waals surface area contributed by atoms with Gasteiger partial charge in [-0.15, -0.1) is 0 Å². The summed E-state index contributed by atoms with van der Waals surface area (Å²) in [5, 5.41) is 9.00. The summed E-state index contributed by atoms with van der Waals surface area (Å²) in [6.45, 7) is 2.50. The minimum absolute atomic E-state index is 0.313. The monoisotopic (exact) mass is 138 g/mol. The predicted molar refractivity (Wildman–Crippen MR) is 40.6 cm³/mol. The Morgan fingerprint density at radius 3 is 2.50 bits per heavy atom. The lowest BCUT2D eigenvalue weighted by Crippen LogP contribution is -2.04. The van der Waals surface area contributed by atoms with Crippen LogP contribution >= 0.6 is 0 Å². The van der Waals surface area contributed by atoms with Crippen LogP contribution in [0.1, 0.15) is 26.2 Å². The normalized spacial score (nSPS) is 37.8. The molecule has 2 aliphatic carbocycles. The van der Waals surface area contributed by atoms with Gasteiger partial charge in [0, 0.05) is 0 Å². The van der Waals surface area contributed by atoms with Crippen LogP contribution in [0, 0.1) is 11.8 Å². The highest BCUT2D eigenvalue weighted by Gasteiger charge is 2.36. The van der Waals surface area contributed by atoms with E-state index in [0.717, 1.165) is 11.8 Å². The summed E-state index contributed by atoms with van der Waals surface area (Å²) in [6, 6.07) is 0. The summed E-state index contributed by atoms with van der Waals surface area (Å²) in [5.74, 6) is 1.60. The van der Waals surface area contributed by atoms with Crippen molar-refractivity contribution in [1.29, 1.82) is 0 Å². The van der Waals surface area contributed by atoms with Crippen molar-refractivity contribution in [3.05, 3.63) is 11.1 Å². The van der Waals surface area contributed by atoms with Gasteiger partial charge in [-0.2, -0.15) is 0 Å². The largest absolute Gasteiger partial charge is 0.392 e. The van der Waals surface area contributed by atoms with E-state index in [-0.39, 0.29) is 0 Å². The number of hydrogen-bond acceptors (Lipinski definition) is 1. The predicted octanol–water partition coefficient (Wildman–Crippen LogP) is 1.73. The molecule has 2 unspecified atom stereocenters. The van der Waals surface area contributed by atoms with Crippen LogP contribution in [0.2, 0.25) is 0 Å². The average Bonchev–Trinajstić information content (AvgIpc) is 2.46. The summed E-state index contributed by atoms with van der Waals surface area (Å²) in [5.41, 5.74) is 2.86. The van der Waals surface area contributed by atoms with Crippen molar-refractivity contribution >= 4 is 0 Å². The van der Waals surface area contributed by atoms with Gasteiger partial charge in [0.2, 0.25) is 0 Å². The van der Waals surface area contributed by atoms with E-state index in [9.17, 15) is 0 Å². The second-order valence-corrected chi connectivity index (χ2v) is 3.57. The van der Waals surface area contributed by atoms with Crippen LogP contribution in [-0.4, -0.2) is 11.7 Å². The van der Waals surface area contributed by atoms with Gasteiger partial charge in [-0.3, -0.25) is 0 Å². The van der Waals surface area contributed by atoms with Crippen LogP contribution in [0.25, 0.3) is 0 Å².